The van der Waals surface area contributed by atoms with Gasteiger partial charge in [0.1, 0.15) is 0 Å². The summed E-state index contributed by atoms with van der Waals surface area (Å²) >= 11 is 0. The van der Waals surface area contributed by atoms with Crippen LogP contribution in [-0.4, -0.2) is 19.4 Å². The third-order valence-electron chi connectivity index (χ3n) is 2.43. The average Bonchev–Trinajstić information content (AvgIpc) is 2.71. The number of nitrogens with one attached hydrogen (secondary N) is 1. The molecule has 1 aromatic carbocycles. The summed E-state index contributed by atoms with van der Waals surface area (Å²) in [6.07, 6.45) is 0.822. The van der Waals surface area contributed by atoms with Crippen molar-refractivity contribution in [3.8, 4) is 11.5 Å². The zero-order chi connectivity index (χ0) is 12.0. The Bertz CT molecular complexity index is 300. The molecular weight excluding hydrogens is 202 g/mol. The van der Waals surface area contributed by atoms with Crippen molar-refractivity contribution >= 4 is 0 Å². The molecule has 0 fully saturated rings. The van der Waals surface area contributed by atoms with E-state index in [4.69, 9.17) is 9.47 Å². The first-order valence-electron chi connectivity index (χ1n) is 5.91. The van der Waals surface area contributed by atoms with Crippen LogP contribution in [-0.2, 0) is 0 Å². The van der Waals surface area contributed by atoms with Gasteiger partial charge in [-0.2, -0.15) is 0 Å². The second-order valence-corrected chi connectivity index (χ2v) is 3.45. The van der Waals surface area contributed by atoms with Crippen LogP contribution < -0.4 is 14.8 Å². The van der Waals surface area contributed by atoms with Crippen LogP contribution in [0.3, 0.4) is 0 Å². The van der Waals surface area contributed by atoms with Gasteiger partial charge in [0, 0.05) is 6.42 Å². The molecule has 1 aromatic rings. The summed E-state index contributed by atoms with van der Waals surface area (Å²) in [6, 6.07) is 7.77. The summed E-state index contributed by atoms with van der Waals surface area (Å²) in [4.78, 5) is 0. The smallest absolute Gasteiger partial charge is 0.263 e. The molecule has 0 aromatic heterocycles. The third kappa shape index (κ3) is 2.47. The summed E-state index contributed by atoms with van der Waals surface area (Å²) in [5, 5.41) is 3.09. The van der Waals surface area contributed by atoms with E-state index in [1.807, 2.05) is 45.2 Å². The van der Waals surface area contributed by atoms with E-state index in [0.29, 0.717) is 6.54 Å². The van der Waals surface area contributed by atoms with Gasteiger partial charge in [-0.1, -0.05) is 32.9 Å². The summed E-state index contributed by atoms with van der Waals surface area (Å²) in [6.45, 7) is 6.75. The van der Waals surface area contributed by atoms with E-state index in [1.165, 1.54) is 0 Å². The normalized spacial score (nSPS) is 15.2. The molecule has 2 rings (SSSR count). The first-order chi connectivity index (χ1) is 7.79. The van der Waals surface area contributed by atoms with E-state index in [-0.39, 0.29) is 0 Å². The Hall–Kier alpha value is -1.22. The standard InChI is InChI=1S/C11H15NO2.C2H6/c1-3-11(8-12-2)13-9-6-4-5-7-10(9)14-11;1-2/h4-7,12H,3,8H2,1-2H3;1-2H3. The first kappa shape index (κ1) is 12.8. The van der Waals surface area contributed by atoms with Crippen molar-refractivity contribution in [3.63, 3.8) is 0 Å². The van der Waals surface area contributed by atoms with Crippen molar-refractivity contribution in [2.45, 2.75) is 33.0 Å². The van der Waals surface area contributed by atoms with Crippen LogP contribution >= 0.6 is 0 Å². The Morgan fingerprint density at radius 1 is 1.12 bits per heavy atom. The fraction of sp³-hybridized carbons (Fsp3) is 0.538. The molecule has 0 saturated heterocycles. The average molecular weight is 223 g/mol. The number of fused-ring (bicyclic) bond motifs is 1. The van der Waals surface area contributed by atoms with Gasteiger partial charge in [-0.15, -0.1) is 0 Å². The van der Waals surface area contributed by atoms with Gasteiger partial charge in [0.05, 0.1) is 6.54 Å². The number of ether oxygens (including phenoxy) is 2. The molecular formula is C13H21NO2. The number of hydrogen-bond acceptors (Lipinski definition) is 3. The summed E-state index contributed by atoms with van der Waals surface area (Å²) in [5.74, 6) is 1.16. The molecule has 1 aliphatic heterocycles. The van der Waals surface area contributed by atoms with Crippen LogP contribution in [0, 0.1) is 0 Å². The van der Waals surface area contributed by atoms with Gasteiger partial charge in [0.15, 0.2) is 11.5 Å². The molecule has 0 aliphatic carbocycles. The molecule has 90 valence electrons. The molecule has 16 heavy (non-hydrogen) atoms. The highest BCUT2D eigenvalue weighted by molar-refractivity contribution is 5.42. The van der Waals surface area contributed by atoms with Crippen molar-refractivity contribution in [3.05, 3.63) is 24.3 Å². The fourth-order valence-electron chi connectivity index (χ4n) is 1.65. The lowest BCUT2D eigenvalue weighted by atomic mass is 10.2. The van der Waals surface area contributed by atoms with Gasteiger partial charge in [-0.3, -0.25) is 0 Å². The molecule has 0 spiro atoms. The lowest BCUT2D eigenvalue weighted by Crippen LogP contribution is -2.46. The quantitative estimate of drug-likeness (QED) is 0.854. The van der Waals surface area contributed by atoms with E-state index in [2.05, 4.69) is 12.2 Å². The molecule has 0 radical (unpaired) electrons. The van der Waals surface area contributed by atoms with Crippen molar-refractivity contribution in [2.24, 2.45) is 0 Å². The molecule has 1 aliphatic rings. The Morgan fingerprint density at radius 3 is 2.00 bits per heavy atom. The Labute approximate surface area is 97.8 Å². The van der Waals surface area contributed by atoms with Crippen molar-refractivity contribution < 1.29 is 9.47 Å². The number of likely N-dealkylation sites (N-methyl/N-ethyl adjacent to an activating group) is 1. The van der Waals surface area contributed by atoms with E-state index in [0.717, 1.165) is 17.9 Å². The highest BCUT2D eigenvalue weighted by Gasteiger charge is 2.38. The van der Waals surface area contributed by atoms with Crippen molar-refractivity contribution in [2.75, 3.05) is 13.6 Å². The molecule has 1 heterocycles. The van der Waals surface area contributed by atoms with Crippen LogP contribution in [0.2, 0.25) is 0 Å². The number of para-hydroxylation sites is 2. The van der Waals surface area contributed by atoms with Crippen LogP contribution in [0.15, 0.2) is 24.3 Å². The Balaban J connectivity index is 0.000000606. The molecule has 1 N–H and O–H groups in total. The van der Waals surface area contributed by atoms with Crippen molar-refractivity contribution in [1.82, 2.24) is 5.32 Å². The summed E-state index contributed by atoms with van der Waals surface area (Å²) < 4.78 is 11.6. The second-order valence-electron chi connectivity index (χ2n) is 3.45. The van der Waals surface area contributed by atoms with Crippen molar-refractivity contribution in [1.29, 1.82) is 0 Å². The topological polar surface area (TPSA) is 30.5 Å². The summed E-state index contributed by atoms with van der Waals surface area (Å²) in [5.41, 5.74) is 0. The molecule has 0 unspecified atom stereocenters. The van der Waals surface area contributed by atoms with Gasteiger partial charge in [0.2, 0.25) is 0 Å². The molecule has 3 nitrogen and oxygen atoms in total. The van der Waals surface area contributed by atoms with E-state index < -0.39 is 5.79 Å². The lowest BCUT2D eigenvalue weighted by Gasteiger charge is -2.25. The largest absolute Gasteiger partial charge is 0.447 e. The minimum atomic E-state index is -0.515. The molecule has 0 saturated carbocycles. The van der Waals surface area contributed by atoms with Gasteiger partial charge < -0.3 is 14.8 Å². The van der Waals surface area contributed by atoms with Gasteiger partial charge >= 0.3 is 0 Å². The zero-order valence-corrected chi connectivity index (χ0v) is 10.5. The minimum absolute atomic E-state index is 0.515. The monoisotopic (exact) mass is 223 g/mol. The van der Waals surface area contributed by atoms with Crippen LogP contribution in [0.4, 0.5) is 0 Å². The molecule has 0 bridgehead atoms. The number of benzene rings is 1. The third-order valence-corrected chi connectivity index (χ3v) is 2.43. The van der Waals surface area contributed by atoms with E-state index >= 15 is 0 Å². The maximum Gasteiger partial charge on any atom is 0.263 e. The maximum atomic E-state index is 5.80. The van der Waals surface area contributed by atoms with Gasteiger partial charge in [-0.05, 0) is 19.2 Å². The lowest BCUT2D eigenvalue weighted by molar-refractivity contribution is -0.0778. The molecule has 3 heteroatoms. The zero-order valence-electron chi connectivity index (χ0n) is 10.5. The summed E-state index contributed by atoms with van der Waals surface area (Å²) in [7, 11) is 1.90. The Morgan fingerprint density at radius 2 is 1.62 bits per heavy atom. The SMILES string of the molecule is CC.CCC1(CNC)Oc2ccccc2O1. The van der Waals surface area contributed by atoms with Gasteiger partial charge in [-0.25, -0.2) is 0 Å². The Kier molecular flexibility index (Phi) is 4.62. The molecule has 0 atom stereocenters. The highest BCUT2D eigenvalue weighted by atomic mass is 16.7. The van der Waals surface area contributed by atoms with Crippen LogP contribution in [0.25, 0.3) is 0 Å². The van der Waals surface area contributed by atoms with Crippen LogP contribution in [0.5, 0.6) is 11.5 Å². The highest BCUT2D eigenvalue weighted by Crippen LogP contribution is 2.39. The van der Waals surface area contributed by atoms with Crippen LogP contribution in [0.1, 0.15) is 27.2 Å². The fourth-order valence-corrected chi connectivity index (χ4v) is 1.65. The second kappa shape index (κ2) is 5.75. The van der Waals surface area contributed by atoms with E-state index in [1.54, 1.807) is 0 Å². The maximum absolute atomic E-state index is 5.80. The first-order valence-corrected chi connectivity index (χ1v) is 5.91. The molecule has 0 amide bonds. The predicted molar refractivity (Wildman–Crippen MR) is 66.0 cm³/mol. The number of hydrogen-bond donors (Lipinski definition) is 1. The number of rotatable bonds is 3. The predicted octanol–water partition coefficient (Wildman–Crippen LogP) is 2.81. The minimum Gasteiger partial charge on any atom is -0.447 e. The van der Waals surface area contributed by atoms with E-state index in [9.17, 15) is 0 Å². The van der Waals surface area contributed by atoms with Gasteiger partial charge in [0.25, 0.3) is 5.79 Å².